The lowest BCUT2D eigenvalue weighted by Gasteiger charge is -2.37. The van der Waals surface area contributed by atoms with Gasteiger partial charge in [0.05, 0.1) is 17.0 Å². The van der Waals surface area contributed by atoms with Gasteiger partial charge in [-0.15, -0.1) is 0 Å². The van der Waals surface area contributed by atoms with E-state index >= 15 is 0 Å². The van der Waals surface area contributed by atoms with Crippen LogP contribution in [0.1, 0.15) is 5.56 Å². The van der Waals surface area contributed by atoms with Crippen LogP contribution in [-0.2, 0) is 21.2 Å². The van der Waals surface area contributed by atoms with Gasteiger partial charge in [0.15, 0.2) is 0 Å². The van der Waals surface area contributed by atoms with E-state index in [1.54, 1.807) is 4.90 Å². The molecule has 1 aliphatic rings. The summed E-state index contributed by atoms with van der Waals surface area (Å²) >= 11 is 6.15. The van der Waals surface area contributed by atoms with E-state index in [0.29, 0.717) is 31.9 Å². The second-order valence-corrected chi connectivity index (χ2v) is 10.4. The predicted octanol–water partition coefficient (Wildman–Crippen LogP) is 3.59. The van der Waals surface area contributed by atoms with Crippen molar-refractivity contribution in [2.75, 3.05) is 38.2 Å². The van der Waals surface area contributed by atoms with Gasteiger partial charge >= 0.3 is 0 Å². The summed E-state index contributed by atoms with van der Waals surface area (Å²) in [7, 11) is -2.55. The molecule has 9 heteroatoms. The van der Waals surface area contributed by atoms with E-state index in [1.165, 1.54) is 25.3 Å². The van der Waals surface area contributed by atoms with E-state index in [1.807, 2.05) is 60.7 Å². The number of nitrogens with zero attached hydrogens (tertiary/aromatic N) is 2. The molecule has 1 N–H and O–H groups in total. The normalized spacial score (nSPS) is 15.0. The number of anilines is 1. The van der Waals surface area contributed by atoms with Gasteiger partial charge in [-0.2, -0.15) is 4.72 Å². The Labute approximate surface area is 211 Å². The highest BCUT2D eigenvalue weighted by Gasteiger charge is 2.31. The minimum absolute atomic E-state index is 0.0249. The van der Waals surface area contributed by atoms with Crippen molar-refractivity contribution in [2.24, 2.45) is 0 Å². The summed E-state index contributed by atoms with van der Waals surface area (Å²) in [5.41, 5.74) is 1.97. The molecule has 1 aliphatic heterocycles. The van der Waals surface area contributed by atoms with Gasteiger partial charge in [-0.25, -0.2) is 8.42 Å². The number of sulfonamides is 1. The number of hydrogen-bond donors (Lipinski definition) is 1. The number of methoxy groups -OCH3 is 1. The molecule has 1 heterocycles. The smallest absolute Gasteiger partial charge is 0.241 e. The topological polar surface area (TPSA) is 78.9 Å². The second-order valence-electron chi connectivity index (χ2n) is 8.31. The van der Waals surface area contributed by atoms with Gasteiger partial charge in [0.1, 0.15) is 11.8 Å². The molecule has 0 bridgehead atoms. The Bertz CT molecular complexity index is 1250. The maximum atomic E-state index is 13.6. The summed E-state index contributed by atoms with van der Waals surface area (Å²) < 4.78 is 34.2. The van der Waals surface area contributed by atoms with Crippen LogP contribution in [0.15, 0.2) is 83.8 Å². The Kier molecular flexibility index (Phi) is 7.95. The van der Waals surface area contributed by atoms with Crippen molar-refractivity contribution >= 4 is 33.2 Å². The molecule has 1 fully saturated rings. The number of halogens is 1. The number of benzene rings is 3. The summed E-state index contributed by atoms with van der Waals surface area (Å²) in [6.45, 7) is 2.37. The van der Waals surface area contributed by atoms with Gasteiger partial charge < -0.3 is 14.5 Å². The number of piperazine rings is 1. The molecule has 3 aromatic rings. The molecule has 4 rings (SSSR count). The Morgan fingerprint density at radius 3 is 2.20 bits per heavy atom. The summed E-state index contributed by atoms with van der Waals surface area (Å²) in [4.78, 5) is 17.5. The van der Waals surface area contributed by atoms with Crippen LogP contribution in [0.4, 0.5) is 5.69 Å². The van der Waals surface area contributed by atoms with Crippen molar-refractivity contribution in [1.82, 2.24) is 9.62 Å². The fourth-order valence-electron chi connectivity index (χ4n) is 4.14. The first kappa shape index (κ1) is 25.0. The molecule has 0 spiro atoms. The molecule has 35 heavy (non-hydrogen) atoms. The number of para-hydroxylation sites is 1. The first-order chi connectivity index (χ1) is 16.9. The first-order valence-corrected chi connectivity index (χ1v) is 13.2. The molecular formula is C26H28ClN3O4S. The Balaban J connectivity index is 1.52. The molecule has 0 radical (unpaired) electrons. The fourth-order valence-corrected chi connectivity index (χ4v) is 5.68. The number of amides is 1. The molecule has 184 valence electrons. The number of carbonyl (C=O) groups excluding carboxylic acids is 1. The fraction of sp³-hybridized carbons (Fsp3) is 0.269. The van der Waals surface area contributed by atoms with Crippen LogP contribution in [0.3, 0.4) is 0 Å². The summed E-state index contributed by atoms with van der Waals surface area (Å²) in [5, 5.41) is 0.179. The molecule has 0 unspecified atom stereocenters. The number of rotatable bonds is 8. The third-order valence-electron chi connectivity index (χ3n) is 6.02. The van der Waals surface area contributed by atoms with Gasteiger partial charge in [0.2, 0.25) is 15.9 Å². The van der Waals surface area contributed by atoms with Crippen LogP contribution in [-0.4, -0.2) is 58.6 Å². The van der Waals surface area contributed by atoms with Crippen LogP contribution in [0, 0.1) is 0 Å². The molecule has 0 aromatic heterocycles. The average Bonchev–Trinajstić information content (AvgIpc) is 2.89. The van der Waals surface area contributed by atoms with Crippen LogP contribution in [0.25, 0.3) is 0 Å². The summed E-state index contributed by atoms with van der Waals surface area (Å²) in [5.74, 6) is 0.128. The van der Waals surface area contributed by atoms with Gasteiger partial charge in [-0.1, -0.05) is 60.1 Å². The second kappa shape index (κ2) is 11.1. The highest BCUT2D eigenvalue weighted by atomic mass is 35.5. The highest BCUT2D eigenvalue weighted by molar-refractivity contribution is 7.89. The molecule has 0 saturated carbocycles. The van der Waals surface area contributed by atoms with Crippen molar-refractivity contribution in [1.29, 1.82) is 0 Å². The Hall–Kier alpha value is -3.07. The summed E-state index contributed by atoms with van der Waals surface area (Å²) in [6, 6.07) is 22.7. The Morgan fingerprint density at radius 1 is 0.971 bits per heavy atom. The van der Waals surface area contributed by atoms with Gasteiger partial charge in [0, 0.05) is 31.9 Å². The van der Waals surface area contributed by atoms with Crippen molar-refractivity contribution in [2.45, 2.75) is 17.4 Å². The van der Waals surface area contributed by atoms with Crippen LogP contribution < -0.4 is 14.4 Å². The lowest BCUT2D eigenvalue weighted by molar-refractivity contribution is -0.133. The van der Waals surface area contributed by atoms with Crippen LogP contribution in [0.5, 0.6) is 5.75 Å². The number of hydrogen-bond acceptors (Lipinski definition) is 5. The molecule has 3 aromatic carbocycles. The van der Waals surface area contributed by atoms with E-state index < -0.39 is 16.1 Å². The minimum atomic E-state index is -4.01. The van der Waals surface area contributed by atoms with E-state index in [4.69, 9.17) is 16.3 Å². The summed E-state index contributed by atoms with van der Waals surface area (Å²) in [6.07, 6.45) is 0.238. The maximum Gasteiger partial charge on any atom is 0.241 e. The maximum absolute atomic E-state index is 13.6. The molecular weight excluding hydrogens is 486 g/mol. The number of carbonyl (C=O) groups is 1. The van der Waals surface area contributed by atoms with Crippen molar-refractivity contribution < 1.29 is 17.9 Å². The zero-order valence-corrected chi connectivity index (χ0v) is 21.0. The molecule has 1 amide bonds. The van der Waals surface area contributed by atoms with E-state index in [0.717, 1.165) is 11.3 Å². The zero-order valence-electron chi connectivity index (χ0n) is 19.4. The standard InChI is InChI=1S/C26H28ClN3O4S/c1-34-25-13-12-22(19-23(25)27)35(32,33)28-24(18-20-8-4-2-5-9-20)26(31)30-16-14-29(15-17-30)21-10-6-3-7-11-21/h2-13,19,24,28H,14-18H2,1H3/t24-/m1/s1. The van der Waals surface area contributed by atoms with Crippen molar-refractivity contribution in [3.05, 3.63) is 89.4 Å². The lowest BCUT2D eigenvalue weighted by atomic mass is 10.1. The number of ether oxygens (including phenoxy) is 1. The third kappa shape index (κ3) is 6.14. The van der Waals surface area contributed by atoms with E-state index in [9.17, 15) is 13.2 Å². The van der Waals surface area contributed by atoms with Gasteiger partial charge in [0.25, 0.3) is 0 Å². The SMILES string of the molecule is COc1ccc(S(=O)(=O)N[C@H](Cc2ccccc2)C(=O)N2CCN(c3ccccc3)CC2)cc1Cl. The van der Waals surface area contributed by atoms with Crippen molar-refractivity contribution in [3.8, 4) is 5.75 Å². The van der Waals surface area contributed by atoms with Crippen LogP contribution >= 0.6 is 11.6 Å². The molecule has 7 nitrogen and oxygen atoms in total. The monoisotopic (exact) mass is 513 g/mol. The molecule has 1 atom stereocenters. The lowest BCUT2D eigenvalue weighted by Crippen LogP contribution is -2.55. The van der Waals surface area contributed by atoms with Gasteiger partial charge in [-0.3, -0.25) is 4.79 Å². The van der Waals surface area contributed by atoms with Crippen molar-refractivity contribution in [3.63, 3.8) is 0 Å². The largest absolute Gasteiger partial charge is 0.495 e. The number of nitrogens with one attached hydrogen (secondary N) is 1. The molecule has 0 aliphatic carbocycles. The van der Waals surface area contributed by atoms with Gasteiger partial charge in [-0.05, 0) is 42.3 Å². The van der Waals surface area contributed by atoms with E-state index in [2.05, 4.69) is 9.62 Å². The predicted molar refractivity (Wildman–Crippen MR) is 137 cm³/mol. The Morgan fingerprint density at radius 2 is 1.60 bits per heavy atom. The third-order valence-corrected chi connectivity index (χ3v) is 7.79. The van der Waals surface area contributed by atoms with E-state index in [-0.39, 0.29) is 22.2 Å². The highest BCUT2D eigenvalue weighted by Crippen LogP contribution is 2.27. The van der Waals surface area contributed by atoms with Crippen LogP contribution in [0.2, 0.25) is 5.02 Å². The minimum Gasteiger partial charge on any atom is -0.495 e. The quantitative estimate of drug-likeness (QED) is 0.498. The zero-order chi connectivity index (χ0) is 24.8. The average molecular weight is 514 g/mol. The molecule has 1 saturated heterocycles. The first-order valence-electron chi connectivity index (χ1n) is 11.4.